The fourth-order valence-corrected chi connectivity index (χ4v) is 3.48. The molecule has 0 N–H and O–H groups in total. The molecule has 0 aliphatic heterocycles. The molecule has 0 amide bonds. The van der Waals surface area contributed by atoms with Crippen molar-refractivity contribution in [3.8, 4) is 22.3 Å². The molecule has 0 bridgehead atoms. The molecule has 4 aromatic rings. The minimum atomic E-state index is -0.372. The summed E-state index contributed by atoms with van der Waals surface area (Å²) in [6, 6.07) is 36.6. The van der Waals surface area contributed by atoms with E-state index in [-0.39, 0.29) is 8.69 Å². The maximum atomic E-state index is 11.2. The van der Waals surface area contributed by atoms with Crippen molar-refractivity contribution in [2.75, 3.05) is 0 Å². The molecule has 0 atom stereocenters. The average molecular weight is 381 g/mol. The predicted molar refractivity (Wildman–Crippen MR) is 114 cm³/mol. The molecule has 135 valence electrons. The summed E-state index contributed by atoms with van der Waals surface area (Å²) in [5.74, 6) is 0. The molecule has 0 fully saturated rings. The zero-order chi connectivity index (χ0) is 19.2. The Balaban J connectivity index is 1.61. The van der Waals surface area contributed by atoms with Crippen LogP contribution in [0.25, 0.3) is 22.3 Å². The summed E-state index contributed by atoms with van der Waals surface area (Å²) < 4.78 is 16.6. The van der Waals surface area contributed by atoms with Gasteiger partial charge in [-0.1, -0.05) is 109 Å². The molecule has 1 radical (unpaired) electrons. The Morgan fingerprint density at radius 3 is 1.21 bits per heavy atom. The van der Waals surface area contributed by atoms with Gasteiger partial charge in [0.05, 0.1) is 0 Å². The third-order valence-corrected chi connectivity index (χ3v) is 4.89. The lowest BCUT2D eigenvalue weighted by Crippen LogP contribution is -2.02. The minimum absolute atomic E-state index is 0.372. The molecule has 3 heteroatoms. The van der Waals surface area contributed by atoms with Crippen LogP contribution in [0.1, 0.15) is 11.1 Å². The summed E-state index contributed by atoms with van der Waals surface area (Å²) in [5, 5.41) is 0. The normalized spacial score (nSPS) is 11.0. The second kappa shape index (κ2) is 8.75. The third-order valence-electron chi connectivity index (χ3n) is 4.64. The standard InChI is InChI=1S/C25H18O2P/c26-28-27-25(23-15-11-21(12-16-23)19-7-3-1-4-8-19)24-17-13-22(14-18-24)20-9-5-2-6-10-20/h1-18H. The SMILES string of the molecule is O=PO[C](c1ccc(-c2ccccc2)cc1)c1ccc(-c2ccccc2)cc1. The van der Waals surface area contributed by atoms with Crippen LogP contribution in [0, 0.1) is 6.10 Å². The number of rotatable bonds is 6. The van der Waals surface area contributed by atoms with Crippen molar-refractivity contribution in [1.29, 1.82) is 0 Å². The minimum Gasteiger partial charge on any atom is -0.274 e. The molecule has 4 rings (SSSR count). The van der Waals surface area contributed by atoms with E-state index in [9.17, 15) is 4.57 Å². The van der Waals surface area contributed by atoms with Crippen molar-refractivity contribution in [3.05, 3.63) is 126 Å². The first-order valence-corrected chi connectivity index (χ1v) is 9.76. The van der Waals surface area contributed by atoms with Crippen LogP contribution in [0.15, 0.2) is 109 Å². The summed E-state index contributed by atoms with van der Waals surface area (Å²) >= 11 is 0. The summed E-state index contributed by atoms with van der Waals surface area (Å²) in [4.78, 5) is 0. The Labute approximate surface area is 166 Å². The van der Waals surface area contributed by atoms with E-state index < -0.39 is 0 Å². The highest BCUT2D eigenvalue weighted by Gasteiger charge is 2.17. The maximum Gasteiger partial charge on any atom is 0.328 e. The van der Waals surface area contributed by atoms with E-state index in [4.69, 9.17) is 4.52 Å². The molecule has 0 spiro atoms. The van der Waals surface area contributed by atoms with E-state index in [1.54, 1.807) is 0 Å². The molecular weight excluding hydrogens is 363 g/mol. The Morgan fingerprint density at radius 2 is 0.857 bits per heavy atom. The van der Waals surface area contributed by atoms with Crippen molar-refractivity contribution in [3.63, 3.8) is 0 Å². The first-order chi connectivity index (χ1) is 13.8. The summed E-state index contributed by atoms with van der Waals surface area (Å²) in [6.45, 7) is 0. The lowest BCUT2D eigenvalue weighted by atomic mass is 9.96. The van der Waals surface area contributed by atoms with Crippen LogP contribution in [0.5, 0.6) is 0 Å². The van der Waals surface area contributed by atoms with Crippen molar-refractivity contribution >= 4 is 8.69 Å². The van der Waals surface area contributed by atoms with Crippen molar-refractivity contribution < 1.29 is 9.09 Å². The van der Waals surface area contributed by atoms with E-state index in [1.165, 1.54) is 0 Å². The fourth-order valence-electron chi connectivity index (χ4n) is 3.20. The number of hydrogen-bond donors (Lipinski definition) is 0. The molecule has 0 heterocycles. The Bertz CT molecular complexity index is 944. The summed E-state index contributed by atoms with van der Waals surface area (Å²) in [7, 11) is -0.372. The predicted octanol–water partition coefficient (Wildman–Crippen LogP) is 7.17. The topological polar surface area (TPSA) is 26.3 Å². The van der Waals surface area contributed by atoms with Gasteiger partial charge in [0.2, 0.25) is 0 Å². The molecule has 0 aliphatic carbocycles. The Morgan fingerprint density at radius 1 is 0.500 bits per heavy atom. The Hall–Kier alpha value is -3.06. The van der Waals surface area contributed by atoms with Gasteiger partial charge in [-0.15, -0.1) is 0 Å². The highest BCUT2D eigenvalue weighted by atomic mass is 31.1. The Kier molecular flexibility index (Phi) is 5.72. The van der Waals surface area contributed by atoms with Gasteiger partial charge < -0.3 is 0 Å². The molecule has 0 aromatic heterocycles. The average Bonchev–Trinajstić information content (AvgIpc) is 2.79. The maximum absolute atomic E-state index is 11.2. The van der Waals surface area contributed by atoms with Gasteiger partial charge in [0, 0.05) is 0 Å². The fraction of sp³-hybridized carbons (Fsp3) is 0. The first-order valence-electron chi connectivity index (χ1n) is 9.03. The van der Waals surface area contributed by atoms with Crippen LogP contribution >= 0.6 is 8.69 Å². The second-order valence-electron chi connectivity index (χ2n) is 6.38. The molecule has 0 saturated heterocycles. The van der Waals surface area contributed by atoms with Gasteiger partial charge in [0.1, 0.15) is 0 Å². The van der Waals surface area contributed by atoms with Gasteiger partial charge >= 0.3 is 8.69 Å². The quantitative estimate of drug-likeness (QED) is 0.331. The van der Waals surface area contributed by atoms with Crippen LogP contribution in [-0.4, -0.2) is 0 Å². The van der Waals surface area contributed by atoms with Gasteiger partial charge in [-0.05, 0) is 33.4 Å². The smallest absolute Gasteiger partial charge is 0.274 e. The van der Waals surface area contributed by atoms with E-state index in [0.29, 0.717) is 6.10 Å². The van der Waals surface area contributed by atoms with Gasteiger partial charge in [-0.2, -0.15) is 0 Å². The largest absolute Gasteiger partial charge is 0.328 e. The molecule has 2 nitrogen and oxygen atoms in total. The van der Waals surface area contributed by atoms with Gasteiger partial charge in [-0.3, -0.25) is 4.52 Å². The monoisotopic (exact) mass is 381 g/mol. The summed E-state index contributed by atoms with van der Waals surface area (Å²) in [6.07, 6.45) is 0.593. The van der Waals surface area contributed by atoms with Crippen molar-refractivity contribution in [2.24, 2.45) is 0 Å². The molecule has 28 heavy (non-hydrogen) atoms. The van der Waals surface area contributed by atoms with Crippen LogP contribution in [0.3, 0.4) is 0 Å². The van der Waals surface area contributed by atoms with E-state index in [2.05, 4.69) is 24.3 Å². The van der Waals surface area contributed by atoms with E-state index in [1.807, 2.05) is 84.9 Å². The molecule has 0 unspecified atom stereocenters. The molecule has 0 saturated carbocycles. The van der Waals surface area contributed by atoms with Crippen molar-refractivity contribution in [1.82, 2.24) is 0 Å². The number of benzene rings is 4. The molecule has 4 aromatic carbocycles. The second-order valence-corrected chi connectivity index (χ2v) is 6.71. The lowest BCUT2D eigenvalue weighted by molar-refractivity contribution is 0.397. The zero-order valence-corrected chi connectivity index (χ0v) is 16.1. The van der Waals surface area contributed by atoms with Crippen LogP contribution in [-0.2, 0) is 9.09 Å². The molecule has 0 aliphatic rings. The van der Waals surface area contributed by atoms with Gasteiger partial charge in [-0.25, -0.2) is 4.57 Å². The highest BCUT2D eigenvalue weighted by molar-refractivity contribution is 7.17. The van der Waals surface area contributed by atoms with E-state index >= 15 is 0 Å². The van der Waals surface area contributed by atoms with Crippen molar-refractivity contribution in [2.45, 2.75) is 0 Å². The van der Waals surface area contributed by atoms with Crippen LogP contribution in [0.2, 0.25) is 0 Å². The summed E-state index contributed by atoms with van der Waals surface area (Å²) in [5.41, 5.74) is 6.34. The highest BCUT2D eigenvalue weighted by Crippen LogP contribution is 2.31. The lowest BCUT2D eigenvalue weighted by Gasteiger charge is -2.14. The van der Waals surface area contributed by atoms with Crippen LogP contribution in [0.4, 0.5) is 0 Å². The number of hydrogen-bond acceptors (Lipinski definition) is 2. The molecular formula is C25H18O2P. The first kappa shape index (κ1) is 18.3. The zero-order valence-electron chi connectivity index (χ0n) is 15.2. The third kappa shape index (κ3) is 4.09. The van der Waals surface area contributed by atoms with Crippen LogP contribution < -0.4 is 0 Å². The van der Waals surface area contributed by atoms with Gasteiger partial charge in [0.25, 0.3) is 0 Å². The van der Waals surface area contributed by atoms with Gasteiger partial charge in [0.15, 0.2) is 6.10 Å². The van der Waals surface area contributed by atoms with E-state index in [0.717, 1.165) is 33.4 Å².